The molecule has 0 saturated carbocycles. The molecule has 0 fully saturated rings. The van der Waals surface area contributed by atoms with Crippen LogP contribution in [0.25, 0.3) is 0 Å². The Balaban J connectivity index is 1.82. The molecule has 0 N–H and O–H groups in total. The molecule has 1 radical (unpaired) electrons. The van der Waals surface area contributed by atoms with Gasteiger partial charge in [0, 0.05) is 0 Å². The fourth-order valence-corrected chi connectivity index (χ4v) is 5.22. The molecule has 0 amide bonds. The first kappa shape index (κ1) is 27.3. The molecule has 0 saturated heterocycles. The highest BCUT2D eigenvalue weighted by atomic mass is 14.2. The highest BCUT2D eigenvalue weighted by molar-refractivity contribution is 5.61. The number of hydrogen-bond donors (Lipinski definition) is 0. The molecule has 0 unspecified atom stereocenters. The van der Waals surface area contributed by atoms with Crippen LogP contribution in [0.5, 0.6) is 0 Å². The summed E-state index contributed by atoms with van der Waals surface area (Å²) in [6.45, 7) is 4.59. The molecule has 0 aromatic heterocycles. The third-order valence-corrected chi connectivity index (χ3v) is 7.24. The van der Waals surface area contributed by atoms with Gasteiger partial charge < -0.3 is 0 Å². The summed E-state index contributed by atoms with van der Waals surface area (Å²) in [6.07, 6.45) is 18.4. The molecule has 0 heterocycles. The van der Waals surface area contributed by atoms with Crippen molar-refractivity contribution in [1.82, 2.24) is 0 Å². The van der Waals surface area contributed by atoms with Crippen LogP contribution in [0.15, 0.2) is 78.9 Å². The first-order valence-electron chi connectivity index (χ1n) is 14.4. The van der Waals surface area contributed by atoms with Crippen molar-refractivity contribution in [1.29, 1.82) is 0 Å². The van der Waals surface area contributed by atoms with Gasteiger partial charge in [-0.2, -0.15) is 0 Å². The van der Waals surface area contributed by atoms with Gasteiger partial charge in [0.1, 0.15) is 0 Å². The Labute approximate surface area is 216 Å². The molecule has 0 nitrogen and oxygen atoms in total. The molecule has 187 valence electrons. The molecule has 0 heteroatoms. The second kappa shape index (κ2) is 16.4. The lowest BCUT2D eigenvalue weighted by Gasteiger charge is -2.24. The van der Waals surface area contributed by atoms with Crippen LogP contribution < -0.4 is 0 Å². The fraction of sp³-hybridized carbons (Fsp3) is 0.457. The molecule has 0 aliphatic carbocycles. The Hall–Kier alpha value is -2.34. The maximum absolute atomic E-state index is 2.36. The van der Waals surface area contributed by atoms with E-state index in [-0.39, 0.29) is 0 Å². The summed E-state index contributed by atoms with van der Waals surface area (Å²) in [4.78, 5) is 0. The maximum Gasteiger partial charge on any atom is 0.0634 e. The molecule has 3 aromatic carbocycles. The average Bonchev–Trinajstić information content (AvgIpc) is 2.90. The Bertz CT molecular complexity index is 880. The Kier molecular flexibility index (Phi) is 12.7. The molecule has 0 aliphatic rings. The summed E-state index contributed by atoms with van der Waals surface area (Å²) in [5.41, 5.74) is 7.16. The van der Waals surface area contributed by atoms with Crippen LogP contribution in [0.3, 0.4) is 0 Å². The topological polar surface area (TPSA) is 0 Å². The van der Waals surface area contributed by atoms with E-state index in [0.717, 1.165) is 12.8 Å². The van der Waals surface area contributed by atoms with E-state index in [1.54, 1.807) is 0 Å². The normalized spacial score (nSPS) is 11.3. The summed E-state index contributed by atoms with van der Waals surface area (Å²) in [6, 6.07) is 29.4. The van der Waals surface area contributed by atoms with Gasteiger partial charge in [-0.3, -0.25) is 0 Å². The third kappa shape index (κ3) is 8.99. The van der Waals surface area contributed by atoms with E-state index in [1.807, 2.05) is 0 Å². The smallest absolute Gasteiger partial charge is 0.0634 e. The largest absolute Gasteiger partial charge is 0.0654 e. The monoisotopic (exact) mass is 467 g/mol. The standard InChI is InChI=1S/C35H47/c1-3-5-7-9-11-14-22-30-24-18-20-28-33(30)35(32-26-16-13-17-27-32)34-29-21-19-25-31(34)23-15-12-10-8-6-4-2/h13,16-21,24-29H,3-12,14-15,22-23H2,1-2H3. The van der Waals surface area contributed by atoms with Crippen LogP contribution >= 0.6 is 0 Å². The van der Waals surface area contributed by atoms with E-state index in [0.29, 0.717) is 0 Å². The van der Waals surface area contributed by atoms with Gasteiger partial charge in [-0.25, -0.2) is 0 Å². The zero-order chi connectivity index (χ0) is 24.6. The Morgan fingerprint density at radius 3 is 1.31 bits per heavy atom. The highest BCUT2D eigenvalue weighted by Crippen LogP contribution is 2.36. The molecule has 0 spiro atoms. The van der Waals surface area contributed by atoms with Crippen LogP contribution in [0.2, 0.25) is 0 Å². The highest BCUT2D eigenvalue weighted by Gasteiger charge is 2.22. The first-order valence-corrected chi connectivity index (χ1v) is 14.4. The Morgan fingerprint density at radius 1 is 0.429 bits per heavy atom. The van der Waals surface area contributed by atoms with E-state index >= 15 is 0 Å². The van der Waals surface area contributed by atoms with Crippen LogP contribution in [-0.4, -0.2) is 0 Å². The number of hydrogen-bond acceptors (Lipinski definition) is 0. The molecular weight excluding hydrogens is 420 g/mol. The SMILES string of the molecule is CCCCCCCCc1ccccc1[C](c1ccccc1)c1ccccc1CCCCCCCC. The van der Waals surface area contributed by atoms with E-state index < -0.39 is 0 Å². The molecule has 3 aromatic rings. The lowest BCUT2D eigenvalue weighted by molar-refractivity contribution is 0.606. The van der Waals surface area contributed by atoms with Gasteiger partial charge in [0.2, 0.25) is 0 Å². The van der Waals surface area contributed by atoms with Gasteiger partial charge in [0.15, 0.2) is 0 Å². The zero-order valence-corrected chi connectivity index (χ0v) is 22.4. The molecule has 0 atom stereocenters. The molecule has 35 heavy (non-hydrogen) atoms. The summed E-state index contributed by atoms with van der Waals surface area (Å²) >= 11 is 0. The molecular formula is C35H47. The van der Waals surface area contributed by atoms with Gasteiger partial charge >= 0.3 is 0 Å². The van der Waals surface area contributed by atoms with Gasteiger partial charge in [0.05, 0.1) is 5.92 Å². The fourth-order valence-electron chi connectivity index (χ4n) is 5.22. The van der Waals surface area contributed by atoms with Crippen molar-refractivity contribution in [2.24, 2.45) is 0 Å². The number of unbranched alkanes of at least 4 members (excludes halogenated alkanes) is 10. The number of aryl methyl sites for hydroxylation is 2. The predicted octanol–water partition coefficient (Wildman–Crippen LogP) is 10.5. The molecule has 0 aliphatic heterocycles. The van der Waals surface area contributed by atoms with Crippen LogP contribution in [0, 0.1) is 5.92 Å². The third-order valence-electron chi connectivity index (χ3n) is 7.24. The second-order valence-corrected chi connectivity index (χ2v) is 10.1. The van der Waals surface area contributed by atoms with Gasteiger partial charge in [-0.1, -0.05) is 157 Å². The van der Waals surface area contributed by atoms with E-state index in [1.165, 1.54) is 111 Å². The van der Waals surface area contributed by atoms with Crippen LogP contribution in [0.1, 0.15) is 119 Å². The maximum atomic E-state index is 2.36. The molecule has 3 rings (SSSR count). The summed E-state index contributed by atoms with van der Waals surface area (Å²) < 4.78 is 0. The van der Waals surface area contributed by atoms with Crippen molar-refractivity contribution in [2.75, 3.05) is 0 Å². The second-order valence-electron chi connectivity index (χ2n) is 10.1. The predicted molar refractivity (Wildman–Crippen MR) is 154 cm³/mol. The van der Waals surface area contributed by atoms with E-state index in [9.17, 15) is 0 Å². The number of benzene rings is 3. The van der Waals surface area contributed by atoms with Crippen molar-refractivity contribution in [3.05, 3.63) is 113 Å². The van der Waals surface area contributed by atoms with Crippen LogP contribution in [-0.2, 0) is 12.8 Å². The lowest BCUT2D eigenvalue weighted by atomic mass is 9.79. The average molecular weight is 468 g/mol. The van der Waals surface area contributed by atoms with Gasteiger partial charge in [-0.05, 0) is 53.5 Å². The zero-order valence-electron chi connectivity index (χ0n) is 22.4. The van der Waals surface area contributed by atoms with Crippen LogP contribution in [0.4, 0.5) is 0 Å². The van der Waals surface area contributed by atoms with Gasteiger partial charge in [-0.15, -0.1) is 0 Å². The lowest BCUT2D eigenvalue weighted by Crippen LogP contribution is -2.10. The summed E-state index contributed by atoms with van der Waals surface area (Å²) in [7, 11) is 0. The van der Waals surface area contributed by atoms with Crippen molar-refractivity contribution < 1.29 is 0 Å². The quantitative estimate of drug-likeness (QED) is 0.137. The van der Waals surface area contributed by atoms with Gasteiger partial charge in [0.25, 0.3) is 0 Å². The van der Waals surface area contributed by atoms with Crippen molar-refractivity contribution in [2.45, 2.75) is 104 Å². The van der Waals surface area contributed by atoms with Crippen molar-refractivity contribution >= 4 is 0 Å². The number of rotatable bonds is 17. The van der Waals surface area contributed by atoms with E-state index in [2.05, 4.69) is 92.7 Å². The van der Waals surface area contributed by atoms with E-state index in [4.69, 9.17) is 0 Å². The Morgan fingerprint density at radius 2 is 0.829 bits per heavy atom. The minimum atomic E-state index is 1.16. The summed E-state index contributed by atoms with van der Waals surface area (Å²) in [5, 5.41) is 0. The first-order chi connectivity index (χ1) is 17.3. The summed E-state index contributed by atoms with van der Waals surface area (Å²) in [5.74, 6) is 1.41. The minimum absolute atomic E-state index is 1.16. The van der Waals surface area contributed by atoms with Crippen molar-refractivity contribution in [3.63, 3.8) is 0 Å². The molecule has 0 bridgehead atoms. The van der Waals surface area contributed by atoms with Crippen molar-refractivity contribution in [3.8, 4) is 0 Å². The minimum Gasteiger partial charge on any atom is -0.0654 e.